The molecule has 22 heavy (non-hydrogen) atoms. The number of rotatable bonds is 4. The summed E-state index contributed by atoms with van der Waals surface area (Å²) in [5, 5.41) is 0.543. The third-order valence-corrected chi connectivity index (χ3v) is 5.09. The second-order valence-electron chi connectivity index (χ2n) is 5.33. The van der Waals surface area contributed by atoms with Gasteiger partial charge in [0.05, 0.1) is 5.25 Å². The van der Waals surface area contributed by atoms with Gasteiger partial charge in [0, 0.05) is 22.7 Å². The number of halogens is 1. The molecule has 1 amide bonds. The Kier molecular flexibility index (Phi) is 5.54. The molecule has 2 aromatic carbocycles. The van der Waals surface area contributed by atoms with E-state index in [4.69, 9.17) is 11.6 Å². The summed E-state index contributed by atoms with van der Waals surface area (Å²) in [5.41, 5.74) is 3.30. The minimum absolute atomic E-state index is 0.0913. The van der Waals surface area contributed by atoms with Gasteiger partial charge in [0.1, 0.15) is 0 Å². The standard InChI is InChI=1S/C18H20ClNOS/c1-12-6-5-7-17(13(12)2)20(4)18(21)14(3)22-16-10-8-15(19)9-11-16/h5-11,14H,1-4H3. The number of anilines is 1. The van der Waals surface area contributed by atoms with E-state index in [9.17, 15) is 4.79 Å². The lowest BCUT2D eigenvalue weighted by molar-refractivity contribution is -0.117. The van der Waals surface area contributed by atoms with Crippen LogP contribution in [0.25, 0.3) is 0 Å². The highest BCUT2D eigenvalue weighted by atomic mass is 35.5. The molecule has 0 saturated carbocycles. The van der Waals surface area contributed by atoms with Crippen molar-refractivity contribution in [2.24, 2.45) is 0 Å². The van der Waals surface area contributed by atoms with Crippen LogP contribution in [0.4, 0.5) is 5.69 Å². The predicted octanol–water partition coefficient (Wildman–Crippen LogP) is 5.10. The molecule has 0 aliphatic carbocycles. The van der Waals surface area contributed by atoms with Crippen LogP contribution in [0.1, 0.15) is 18.1 Å². The lowest BCUT2D eigenvalue weighted by Gasteiger charge is -2.23. The summed E-state index contributed by atoms with van der Waals surface area (Å²) >= 11 is 7.43. The third kappa shape index (κ3) is 3.84. The normalized spacial score (nSPS) is 12.0. The Morgan fingerprint density at radius 2 is 1.77 bits per heavy atom. The SMILES string of the molecule is Cc1cccc(N(C)C(=O)C(C)Sc2ccc(Cl)cc2)c1C. The fourth-order valence-electron chi connectivity index (χ4n) is 2.26. The van der Waals surface area contributed by atoms with Gasteiger partial charge in [-0.1, -0.05) is 23.7 Å². The van der Waals surface area contributed by atoms with Crippen LogP contribution in [0.15, 0.2) is 47.4 Å². The van der Waals surface area contributed by atoms with Crippen molar-refractivity contribution in [3.63, 3.8) is 0 Å². The van der Waals surface area contributed by atoms with E-state index in [-0.39, 0.29) is 11.2 Å². The van der Waals surface area contributed by atoms with Crippen LogP contribution in [0.5, 0.6) is 0 Å². The van der Waals surface area contributed by atoms with Crippen molar-refractivity contribution in [2.45, 2.75) is 30.9 Å². The average Bonchev–Trinajstić information content (AvgIpc) is 2.51. The molecule has 0 fully saturated rings. The Balaban J connectivity index is 2.12. The van der Waals surface area contributed by atoms with Gasteiger partial charge in [-0.3, -0.25) is 4.79 Å². The van der Waals surface area contributed by atoms with Gasteiger partial charge in [-0.15, -0.1) is 11.8 Å². The topological polar surface area (TPSA) is 20.3 Å². The second-order valence-corrected chi connectivity index (χ2v) is 7.18. The van der Waals surface area contributed by atoms with Gasteiger partial charge in [-0.05, 0) is 62.2 Å². The number of aryl methyl sites for hydroxylation is 1. The third-order valence-electron chi connectivity index (χ3n) is 3.74. The molecule has 2 nitrogen and oxygen atoms in total. The van der Waals surface area contributed by atoms with Crippen molar-refractivity contribution in [1.82, 2.24) is 0 Å². The molecule has 0 aromatic heterocycles. The van der Waals surface area contributed by atoms with E-state index in [0.717, 1.165) is 16.1 Å². The molecule has 4 heteroatoms. The fourth-order valence-corrected chi connectivity index (χ4v) is 3.34. The first-order valence-corrected chi connectivity index (χ1v) is 8.42. The molecule has 0 spiro atoms. The monoisotopic (exact) mass is 333 g/mol. The molecular formula is C18H20ClNOS. The van der Waals surface area contributed by atoms with E-state index >= 15 is 0 Å². The Labute approximate surface area is 141 Å². The van der Waals surface area contributed by atoms with Crippen molar-refractivity contribution < 1.29 is 4.79 Å². The summed E-state index contributed by atoms with van der Waals surface area (Å²) in [7, 11) is 1.84. The van der Waals surface area contributed by atoms with Gasteiger partial charge in [0.25, 0.3) is 0 Å². The van der Waals surface area contributed by atoms with Crippen LogP contribution < -0.4 is 4.90 Å². The van der Waals surface area contributed by atoms with Gasteiger partial charge < -0.3 is 4.90 Å². The number of carbonyl (C=O) groups is 1. The summed E-state index contributed by atoms with van der Waals surface area (Å²) in [6, 6.07) is 13.6. The summed E-state index contributed by atoms with van der Waals surface area (Å²) < 4.78 is 0. The van der Waals surface area contributed by atoms with Crippen molar-refractivity contribution in [3.8, 4) is 0 Å². The largest absolute Gasteiger partial charge is 0.314 e. The number of nitrogens with zero attached hydrogens (tertiary/aromatic N) is 1. The van der Waals surface area contributed by atoms with Crippen LogP contribution in [-0.2, 0) is 4.79 Å². The maximum atomic E-state index is 12.7. The average molecular weight is 334 g/mol. The minimum Gasteiger partial charge on any atom is -0.314 e. The van der Waals surface area contributed by atoms with E-state index < -0.39 is 0 Å². The molecule has 0 aliphatic heterocycles. The molecule has 0 aliphatic rings. The zero-order chi connectivity index (χ0) is 16.3. The van der Waals surface area contributed by atoms with Gasteiger partial charge in [0.2, 0.25) is 5.91 Å². The van der Waals surface area contributed by atoms with Crippen molar-refractivity contribution in [1.29, 1.82) is 0 Å². The number of hydrogen-bond donors (Lipinski definition) is 0. The maximum Gasteiger partial charge on any atom is 0.239 e. The molecule has 1 atom stereocenters. The molecule has 0 saturated heterocycles. The van der Waals surface area contributed by atoms with Crippen LogP contribution in [0.3, 0.4) is 0 Å². The molecular weight excluding hydrogens is 314 g/mol. The molecule has 0 bridgehead atoms. The quantitative estimate of drug-likeness (QED) is 0.725. The van der Waals surface area contributed by atoms with E-state index in [1.54, 1.807) is 16.7 Å². The lowest BCUT2D eigenvalue weighted by atomic mass is 10.1. The molecule has 0 N–H and O–H groups in total. The van der Waals surface area contributed by atoms with E-state index in [2.05, 4.69) is 13.0 Å². The number of hydrogen-bond acceptors (Lipinski definition) is 2. The molecule has 0 heterocycles. The Morgan fingerprint density at radius 3 is 2.41 bits per heavy atom. The minimum atomic E-state index is -0.161. The molecule has 2 rings (SSSR count). The molecule has 0 radical (unpaired) electrons. The first-order valence-electron chi connectivity index (χ1n) is 7.16. The highest BCUT2D eigenvalue weighted by molar-refractivity contribution is 8.00. The molecule has 2 aromatic rings. The highest BCUT2D eigenvalue weighted by Crippen LogP contribution is 2.28. The summed E-state index contributed by atoms with van der Waals surface area (Å²) in [5.74, 6) is 0.0913. The van der Waals surface area contributed by atoms with Gasteiger partial charge in [-0.2, -0.15) is 0 Å². The Bertz CT molecular complexity index is 669. The molecule has 116 valence electrons. The maximum absolute atomic E-state index is 12.7. The smallest absolute Gasteiger partial charge is 0.239 e. The van der Waals surface area contributed by atoms with Crippen LogP contribution in [0.2, 0.25) is 5.02 Å². The van der Waals surface area contributed by atoms with E-state index in [1.807, 2.05) is 57.3 Å². The highest BCUT2D eigenvalue weighted by Gasteiger charge is 2.21. The summed E-state index contributed by atoms with van der Waals surface area (Å²) in [4.78, 5) is 15.4. The Morgan fingerprint density at radius 1 is 1.14 bits per heavy atom. The van der Waals surface area contributed by atoms with E-state index in [1.165, 1.54) is 5.56 Å². The predicted molar refractivity (Wildman–Crippen MR) is 96.1 cm³/mol. The van der Waals surface area contributed by atoms with E-state index in [0.29, 0.717) is 5.02 Å². The van der Waals surface area contributed by atoms with Crippen molar-refractivity contribution in [2.75, 3.05) is 11.9 Å². The van der Waals surface area contributed by atoms with Gasteiger partial charge in [0.15, 0.2) is 0 Å². The van der Waals surface area contributed by atoms with Crippen LogP contribution in [-0.4, -0.2) is 18.2 Å². The first-order chi connectivity index (χ1) is 10.4. The number of carbonyl (C=O) groups excluding carboxylic acids is 1. The van der Waals surface area contributed by atoms with Crippen molar-refractivity contribution in [3.05, 3.63) is 58.6 Å². The Hall–Kier alpha value is -1.45. The van der Waals surface area contributed by atoms with Gasteiger partial charge in [-0.25, -0.2) is 0 Å². The van der Waals surface area contributed by atoms with Crippen LogP contribution >= 0.6 is 23.4 Å². The summed E-state index contributed by atoms with van der Waals surface area (Å²) in [6.45, 7) is 6.04. The molecule has 1 unspecified atom stereocenters. The van der Waals surface area contributed by atoms with Crippen molar-refractivity contribution >= 4 is 35.0 Å². The number of benzene rings is 2. The zero-order valence-electron chi connectivity index (χ0n) is 13.3. The number of amides is 1. The van der Waals surface area contributed by atoms with Gasteiger partial charge >= 0.3 is 0 Å². The summed E-state index contributed by atoms with van der Waals surface area (Å²) in [6.07, 6.45) is 0. The number of thioether (sulfide) groups is 1. The lowest BCUT2D eigenvalue weighted by Crippen LogP contribution is -2.33. The van der Waals surface area contributed by atoms with Crippen LogP contribution in [0, 0.1) is 13.8 Å². The second kappa shape index (κ2) is 7.21. The first kappa shape index (κ1) is 16.9. The zero-order valence-corrected chi connectivity index (χ0v) is 14.8. The fraction of sp³-hybridized carbons (Fsp3) is 0.278.